The number of carbonyl (C=O) groups excluding carboxylic acids is 1. The van der Waals surface area contributed by atoms with E-state index in [0.717, 1.165) is 12.1 Å². The number of nitro benzene ring substituents is 1. The molecule has 1 amide bonds. The highest BCUT2D eigenvalue weighted by Gasteiger charge is 2.30. The third-order valence-electron chi connectivity index (χ3n) is 4.75. The Morgan fingerprint density at radius 1 is 1.18 bits per heavy atom. The summed E-state index contributed by atoms with van der Waals surface area (Å²) in [4.78, 5) is 22.8. The second kappa shape index (κ2) is 10.5. The lowest BCUT2D eigenvalue weighted by molar-refractivity contribution is -0.384. The molecular formula is C21H21F3N6O3S. The Bertz CT molecular complexity index is 1170. The number of non-ortho nitro benzene ring substituents is 1. The van der Waals surface area contributed by atoms with Crippen LogP contribution in [0.25, 0.3) is 0 Å². The van der Waals surface area contributed by atoms with Gasteiger partial charge in [0.25, 0.3) is 5.69 Å². The fourth-order valence-corrected chi connectivity index (χ4v) is 3.90. The maximum absolute atomic E-state index is 12.9. The zero-order chi connectivity index (χ0) is 24.9. The van der Waals surface area contributed by atoms with Gasteiger partial charge in [0, 0.05) is 30.1 Å². The smallest absolute Gasteiger partial charge is 0.378 e. The van der Waals surface area contributed by atoms with Crippen molar-refractivity contribution in [2.24, 2.45) is 0 Å². The van der Waals surface area contributed by atoms with Crippen LogP contribution < -0.4 is 10.6 Å². The highest BCUT2D eigenvalue weighted by Crippen LogP contribution is 2.31. The molecule has 34 heavy (non-hydrogen) atoms. The number of rotatable bonds is 9. The van der Waals surface area contributed by atoms with Crippen molar-refractivity contribution in [1.29, 1.82) is 0 Å². The van der Waals surface area contributed by atoms with Gasteiger partial charge in [-0.3, -0.25) is 14.9 Å². The third kappa shape index (κ3) is 6.25. The number of anilines is 2. The van der Waals surface area contributed by atoms with E-state index >= 15 is 0 Å². The van der Waals surface area contributed by atoms with Gasteiger partial charge in [-0.25, -0.2) is 0 Å². The van der Waals surface area contributed by atoms with Crippen LogP contribution in [-0.2, 0) is 24.1 Å². The summed E-state index contributed by atoms with van der Waals surface area (Å²) in [5.41, 5.74) is -0.113. The maximum atomic E-state index is 12.9. The average molecular weight is 494 g/mol. The molecule has 0 saturated heterocycles. The van der Waals surface area contributed by atoms with E-state index in [4.69, 9.17) is 0 Å². The van der Waals surface area contributed by atoms with Gasteiger partial charge in [-0.2, -0.15) is 13.2 Å². The molecular weight excluding hydrogens is 473 g/mol. The highest BCUT2D eigenvalue weighted by atomic mass is 32.2. The molecule has 0 bridgehead atoms. The largest absolute Gasteiger partial charge is 0.416 e. The van der Waals surface area contributed by atoms with Crippen molar-refractivity contribution in [3.63, 3.8) is 0 Å². The van der Waals surface area contributed by atoms with E-state index in [1.807, 2.05) is 6.92 Å². The Morgan fingerprint density at radius 2 is 1.88 bits per heavy atom. The van der Waals surface area contributed by atoms with Gasteiger partial charge in [0.15, 0.2) is 11.0 Å². The summed E-state index contributed by atoms with van der Waals surface area (Å²) in [6.07, 6.45) is -4.43. The summed E-state index contributed by atoms with van der Waals surface area (Å²) in [7, 11) is 0. The molecule has 1 aromatic heterocycles. The van der Waals surface area contributed by atoms with Crippen LogP contribution in [0.15, 0.2) is 53.7 Å². The summed E-state index contributed by atoms with van der Waals surface area (Å²) in [5, 5.41) is 24.5. The Kier molecular flexibility index (Phi) is 7.76. The van der Waals surface area contributed by atoms with Gasteiger partial charge in [0.05, 0.1) is 22.3 Å². The Balaban J connectivity index is 1.63. The monoisotopic (exact) mass is 494 g/mol. The number of aromatic nitrogens is 3. The van der Waals surface area contributed by atoms with Crippen molar-refractivity contribution < 1.29 is 22.9 Å². The number of alkyl halides is 3. The molecule has 0 fully saturated rings. The minimum atomic E-state index is -4.43. The topological polar surface area (TPSA) is 115 Å². The lowest BCUT2D eigenvalue weighted by Gasteiger charge is -2.13. The van der Waals surface area contributed by atoms with Crippen molar-refractivity contribution in [2.45, 2.75) is 43.5 Å². The SMILES string of the molecule is CCn1c(CNc2cccc(C(F)(F)F)c2)nnc1S[C@@H](C)C(=O)Nc1ccc([N+](=O)[O-])cc1. The molecule has 0 spiro atoms. The van der Waals surface area contributed by atoms with Crippen molar-refractivity contribution in [3.8, 4) is 0 Å². The number of halogens is 3. The molecule has 3 aromatic rings. The van der Waals surface area contributed by atoms with Gasteiger partial charge in [-0.05, 0) is 44.2 Å². The molecule has 13 heteroatoms. The van der Waals surface area contributed by atoms with Crippen LogP contribution >= 0.6 is 11.8 Å². The number of carbonyl (C=O) groups is 1. The van der Waals surface area contributed by atoms with Crippen LogP contribution in [0.1, 0.15) is 25.2 Å². The van der Waals surface area contributed by atoms with Crippen LogP contribution in [0.2, 0.25) is 0 Å². The molecule has 1 atom stereocenters. The molecule has 0 radical (unpaired) electrons. The predicted molar refractivity (Wildman–Crippen MR) is 122 cm³/mol. The van der Waals surface area contributed by atoms with Crippen LogP contribution in [0.3, 0.4) is 0 Å². The fourth-order valence-electron chi connectivity index (χ4n) is 2.96. The fraction of sp³-hybridized carbons (Fsp3) is 0.286. The van der Waals surface area contributed by atoms with E-state index < -0.39 is 21.9 Å². The van der Waals surface area contributed by atoms with E-state index in [9.17, 15) is 28.1 Å². The summed E-state index contributed by atoms with van der Waals surface area (Å²) in [6.45, 7) is 4.18. The van der Waals surface area contributed by atoms with Gasteiger partial charge >= 0.3 is 6.18 Å². The molecule has 2 N–H and O–H groups in total. The van der Waals surface area contributed by atoms with Crippen molar-refractivity contribution >= 4 is 34.7 Å². The first-order valence-electron chi connectivity index (χ1n) is 10.1. The predicted octanol–water partition coefficient (Wildman–Crippen LogP) is 4.96. The standard InChI is InChI=1S/C21H21F3N6O3S/c1-3-29-18(12-25-16-6-4-5-14(11-16)21(22,23)24)27-28-20(29)34-13(2)19(31)26-15-7-9-17(10-8-15)30(32)33/h4-11,13,25H,3,12H2,1-2H3,(H,26,31)/t13-/m0/s1. The second-order valence-electron chi connectivity index (χ2n) is 7.13. The number of nitrogens with one attached hydrogen (secondary N) is 2. The van der Waals surface area contributed by atoms with Crippen LogP contribution in [-0.4, -0.2) is 30.8 Å². The number of amides is 1. The molecule has 1 heterocycles. The van der Waals surface area contributed by atoms with Gasteiger partial charge in [-0.15, -0.1) is 10.2 Å². The van der Waals surface area contributed by atoms with Crippen LogP contribution in [0.5, 0.6) is 0 Å². The number of nitro groups is 1. The molecule has 0 unspecified atom stereocenters. The van der Waals surface area contributed by atoms with E-state index in [-0.39, 0.29) is 18.1 Å². The quantitative estimate of drug-likeness (QED) is 0.246. The number of hydrogen-bond donors (Lipinski definition) is 2. The summed E-state index contributed by atoms with van der Waals surface area (Å²) in [6, 6.07) is 10.4. The Hall–Kier alpha value is -3.61. The molecule has 180 valence electrons. The number of nitrogens with zero attached hydrogens (tertiary/aromatic N) is 4. The molecule has 9 nitrogen and oxygen atoms in total. The molecule has 0 saturated carbocycles. The average Bonchev–Trinajstić information content (AvgIpc) is 3.18. The van der Waals surface area contributed by atoms with E-state index in [1.54, 1.807) is 11.5 Å². The lowest BCUT2D eigenvalue weighted by Crippen LogP contribution is -2.23. The first kappa shape index (κ1) is 25.0. The molecule has 3 rings (SSSR count). The number of benzene rings is 2. The molecule has 0 aliphatic carbocycles. The zero-order valence-electron chi connectivity index (χ0n) is 18.2. The third-order valence-corrected chi connectivity index (χ3v) is 5.83. The van der Waals surface area contributed by atoms with Gasteiger partial charge in [0.2, 0.25) is 5.91 Å². The van der Waals surface area contributed by atoms with Crippen molar-refractivity contribution in [2.75, 3.05) is 10.6 Å². The summed E-state index contributed by atoms with van der Waals surface area (Å²) >= 11 is 1.17. The molecule has 0 aliphatic heterocycles. The normalized spacial score (nSPS) is 12.3. The first-order valence-corrected chi connectivity index (χ1v) is 11.0. The number of hydrogen-bond acceptors (Lipinski definition) is 7. The minimum absolute atomic E-state index is 0.0808. The Labute approximate surface area is 196 Å². The highest BCUT2D eigenvalue weighted by molar-refractivity contribution is 8.00. The Morgan fingerprint density at radius 3 is 2.50 bits per heavy atom. The van der Waals surface area contributed by atoms with E-state index in [2.05, 4.69) is 20.8 Å². The van der Waals surface area contributed by atoms with Crippen LogP contribution in [0, 0.1) is 10.1 Å². The minimum Gasteiger partial charge on any atom is -0.378 e. The summed E-state index contributed by atoms with van der Waals surface area (Å²) < 4.78 is 40.5. The summed E-state index contributed by atoms with van der Waals surface area (Å²) in [5.74, 6) is 0.179. The van der Waals surface area contributed by atoms with E-state index in [1.165, 1.54) is 48.2 Å². The first-order chi connectivity index (χ1) is 16.1. The second-order valence-corrected chi connectivity index (χ2v) is 8.44. The van der Waals surface area contributed by atoms with Gasteiger partial charge in [-0.1, -0.05) is 17.8 Å². The van der Waals surface area contributed by atoms with Gasteiger partial charge < -0.3 is 15.2 Å². The van der Waals surface area contributed by atoms with Crippen LogP contribution in [0.4, 0.5) is 30.2 Å². The van der Waals surface area contributed by atoms with E-state index in [0.29, 0.717) is 28.9 Å². The van der Waals surface area contributed by atoms with Crippen molar-refractivity contribution in [3.05, 3.63) is 70.0 Å². The maximum Gasteiger partial charge on any atom is 0.416 e. The van der Waals surface area contributed by atoms with Gasteiger partial charge in [0.1, 0.15) is 0 Å². The number of thioether (sulfide) groups is 1. The zero-order valence-corrected chi connectivity index (χ0v) is 19.0. The molecule has 0 aliphatic rings. The van der Waals surface area contributed by atoms with Crippen molar-refractivity contribution in [1.82, 2.24) is 14.8 Å². The lowest BCUT2D eigenvalue weighted by atomic mass is 10.2. The molecule has 2 aromatic carbocycles.